The second-order valence-corrected chi connectivity index (χ2v) is 6.11. The lowest BCUT2D eigenvalue weighted by Crippen LogP contribution is -2.19. The highest BCUT2D eigenvalue weighted by molar-refractivity contribution is 6.14. The summed E-state index contributed by atoms with van der Waals surface area (Å²) in [5.74, 6) is -1.25. The first-order valence-corrected chi connectivity index (χ1v) is 9.65. The monoisotopic (exact) mass is 354 g/mol. The topological polar surface area (TPSA) is 69.7 Å². The maximum atomic E-state index is 12.2. The maximum Gasteiger partial charge on any atom is 0.345 e. The third-order valence-corrected chi connectivity index (χ3v) is 3.78. The molecular weight excluding hydrogens is 320 g/mol. The Morgan fingerprint density at radius 2 is 1.24 bits per heavy atom. The van der Waals surface area contributed by atoms with Gasteiger partial charge in [-0.05, 0) is 25.7 Å². The lowest BCUT2D eigenvalue weighted by molar-refractivity contribution is -0.147. The lowest BCUT2D eigenvalue weighted by Gasteiger charge is -2.09. The van der Waals surface area contributed by atoms with E-state index in [1.54, 1.807) is 0 Å². The van der Waals surface area contributed by atoms with E-state index >= 15 is 0 Å². The number of rotatable bonds is 16. The minimum atomic E-state index is -0.624. The minimum absolute atomic E-state index is 0.0446. The summed E-state index contributed by atoms with van der Waals surface area (Å²) in [6, 6.07) is 0. The molecule has 0 saturated carbocycles. The van der Waals surface area contributed by atoms with E-state index in [0.717, 1.165) is 57.7 Å². The molecule has 0 aliphatic heterocycles. The molecule has 0 fully saturated rings. The highest BCUT2D eigenvalue weighted by Gasteiger charge is 2.21. The molecule has 5 nitrogen and oxygen atoms in total. The van der Waals surface area contributed by atoms with Crippen LogP contribution in [-0.2, 0) is 23.9 Å². The number of allylic oxidation sites excluding steroid dienone is 1. The van der Waals surface area contributed by atoms with Crippen molar-refractivity contribution in [2.24, 2.45) is 0 Å². The van der Waals surface area contributed by atoms with Crippen LogP contribution in [0.2, 0.25) is 0 Å². The quantitative estimate of drug-likeness (QED) is 0.102. The summed E-state index contributed by atoms with van der Waals surface area (Å²) in [5.41, 5.74) is -0.0446. The summed E-state index contributed by atoms with van der Waals surface area (Å²) < 4.78 is 10.4. The highest BCUT2D eigenvalue weighted by Crippen LogP contribution is 2.09. The van der Waals surface area contributed by atoms with Gasteiger partial charge in [-0.2, -0.15) is 0 Å². The van der Waals surface area contributed by atoms with Crippen molar-refractivity contribution >= 4 is 18.2 Å². The van der Waals surface area contributed by atoms with Crippen molar-refractivity contribution in [3.8, 4) is 0 Å². The molecule has 0 saturated heterocycles. The Balaban J connectivity index is 4.43. The van der Waals surface area contributed by atoms with Gasteiger partial charge >= 0.3 is 11.9 Å². The van der Waals surface area contributed by atoms with Crippen molar-refractivity contribution in [2.75, 3.05) is 13.2 Å². The first-order chi connectivity index (χ1) is 12.2. The average molecular weight is 354 g/mol. The second-order valence-electron chi connectivity index (χ2n) is 6.11. The van der Waals surface area contributed by atoms with Crippen molar-refractivity contribution in [3.05, 3.63) is 11.6 Å². The number of carbonyl (C=O) groups is 3. The predicted octanol–water partition coefficient (Wildman–Crippen LogP) is 4.53. The normalized spacial score (nSPS) is 10.2. The number of aldehydes is 1. The third kappa shape index (κ3) is 13.3. The van der Waals surface area contributed by atoms with E-state index in [9.17, 15) is 14.4 Å². The van der Waals surface area contributed by atoms with Crippen molar-refractivity contribution in [2.45, 2.75) is 84.5 Å². The van der Waals surface area contributed by atoms with Gasteiger partial charge in [-0.25, -0.2) is 9.59 Å². The Morgan fingerprint density at radius 3 is 1.68 bits per heavy atom. The Labute approximate surface area is 152 Å². The number of ether oxygens (including phenoxy) is 2. The summed E-state index contributed by atoms with van der Waals surface area (Å²) in [7, 11) is 0. The Kier molecular flexibility index (Phi) is 16.0. The molecular formula is C20H34O5. The van der Waals surface area contributed by atoms with Gasteiger partial charge in [0.05, 0.1) is 13.2 Å². The third-order valence-electron chi connectivity index (χ3n) is 3.78. The number of esters is 2. The van der Waals surface area contributed by atoms with Gasteiger partial charge < -0.3 is 14.3 Å². The molecule has 0 unspecified atom stereocenters. The van der Waals surface area contributed by atoms with Crippen LogP contribution in [0.5, 0.6) is 0 Å². The molecule has 0 atom stereocenters. The van der Waals surface area contributed by atoms with Crippen molar-refractivity contribution < 1.29 is 23.9 Å². The fourth-order valence-electron chi connectivity index (χ4n) is 2.24. The Bertz CT molecular complexity index is 373. The zero-order valence-electron chi connectivity index (χ0n) is 15.9. The summed E-state index contributed by atoms with van der Waals surface area (Å²) in [6.07, 6.45) is 11.9. The molecule has 0 spiro atoms. The van der Waals surface area contributed by atoms with Gasteiger partial charge in [-0.15, -0.1) is 0 Å². The lowest BCUT2D eigenvalue weighted by atomic mass is 10.1. The van der Waals surface area contributed by atoms with Crippen molar-refractivity contribution in [3.63, 3.8) is 0 Å². The van der Waals surface area contributed by atoms with Gasteiger partial charge in [-0.3, -0.25) is 0 Å². The zero-order chi connectivity index (χ0) is 18.8. The van der Waals surface area contributed by atoms with Gasteiger partial charge in [0, 0.05) is 6.42 Å². The number of hydrogen-bond acceptors (Lipinski definition) is 5. The molecule has 0 radical (unpaired) electrons. The van der Waals surface area contributed by atoms with Crippen molar-refractivity contribution in [1.29, 1.82) is 0 Å². The molecule has 5 heteroatoms. The van der Waals surface area contributed by atoms with Crippen LogP contribution in [0.1, 0.15) is 84.5 Å². The van der Waals surface area contributed by atoms with Gasteiger partial charge in [0.25, 0.3) is 0 Å². The number of hydrogen-bond donors (Lipinski definition) is 0. The predicted molar refractivity (Wildman–Crippen MR) is 98.2 cm³/mol. The largest absolute Gasteiger partial charge is 0.462 e. The van der Waals surface area contributed by atoms with E-state index in [4.69, 9.17) is 9.47 Å². The van der Waals surface area contributed by atoms with E-state index in [1.165, 1.54) is 6.08 Å². The minimum Gasteiger partial charge on any atom is -0.462 e. The molecule has 25 heavy (non-hydrogen) atoms. The summed E-state index contributed by atoms with van der Waals surface area (Å²) >= 11 is 0. The molecule has 0 aromatic rings. The van der Waals surface area contributed by atoms with Crippen molar-refractivity contribution in [1.82, 2.24) is 0 Å². The van der Waals surface area contributed by atoms with E-state index in [-0.39, 0.29) is 5.57 Å². The molecule has 0 rings (SSSR count). The van der Waals surface area contributed by atoms with E-state index in [2.05, 4.69) is 13.8 Å². The molecule has 0 aliphatic rings. The van der Waals surface area contributed by atoms with Crippen LogP contribution < -0.4 is 0 Å². The fraction of sp³-hybridized carbons (Fsp3) is 0.750. The SMILES string of the molecule is CCCCCCOC(=O)C(=CCCCC=O)C(=O)OCCCCCC. The van der Waals surface area contributed by atoms with Crippen LogP contribution in [0.4, 0.5) is 0 Å². The molecule has 0 N–H and O–H groups in total. The highest BCUT2D eigenvalue weighted by atomic mass is 16.6. The molecule has 144 valence electrons. The van der Waals surface area contributed by atoms with Crippen LogP contribution in [0.15, 0.2) is 11.6 Å². The standard InChI is InChI=1S/C20H34O5/c1-3-5-7-12-16-24-19(22)18(14-10-9-11-15-21)20(23)25-17-13-8-6-4-2/h14-15H,3-13,16-17H2,1-2H3. The average Bonchev–Trinajstić information content (AvgIpc) is 2.61. The first kappa shape index (κ1) is 23.4. The molecule has 0 aromatic carbocycles. The van der Waals surface area contributed by atoms with E-state index in [0.29, 0.717) is 32.5 Å². The zero-order valence-corrected chi connectivity index (χ0v) is 15.9. The smallest absolute Gasteiger partial charge is 0.345 e. The van der Waals surface area contributed by atoms with Crippen LogP contribution in [0, 0.1) is 0 Å². The molecule has 0 heterocycles. The van der Waals surface area contributed by atoms with Gasteiger partial charge in [-0.1, -0.05) is 58.4 Å². The maximum absolute atomic E-state index is 12.2. The Hall–Kier alpha value is -1.65. The molecule has 0 bridgehead atoms. The van der Waals surface area contributed by atoms with E-state index in [1.807, 2.05) is 0 Å². The van der Waals surface area contributed by atoms with Gasteiger partial charge in [0.1, 0.15) is 11.9 Å². The molecule has 0 aliphatic carbocycles. The number of unbranched alkanes of at least 4 members (excludes halogenated alkanes) is 8. The second kappa shape index (κ2) is 17.2. The summed E-state index contributed by atoms with van der Waals surface area (Å²) in [4.78, 5) is 34.7. The first-order valence-electron chi connectivity index (χ1n) is 9.65. The van der Waals surface area contributed by atoms with Crippen LogP contribution in [-0.4, -0.2) is 31.4 Å². The van der Waals surface area contributed by atoms with Gasteiger partial charge in [0.2, 0.25) is 0 Å². The van der Waals surface area contributed by atoms with Crippen LogP contribution in [0.25, 0.3) is 0 Å². The fourth-order valence-corrected chi connectivity index (χ4v) is 2.24. The number of carbonyl (C=O) groups excluding carboxylic acids is 3. The molecule has 0 aromatic heterocycles. The van der Waals surface area contributed by atoms with E-state index < -0.39 is 11.9 Å². The molecule has 0 amide bonds. The van der Waals surface area contributed by atoms with Crippen LogP contribution in [0.3, 0.4) is 0 Å². The van der Waals surface area contributed by atoms with Gasteiger partial charge in [0.15, 0.2) is 0 Å². The summed E-state index contributed by atoms with van der Waals surface area (Å²) in [5, 5.41) is 0. The van der Waals surface area contributed by atoms with Crippen LogP contribution >= 0.6 is 0 Å². The summed E-state index contributed by atoms with van der Waals surface area (Å²) in [6.45, 7) is 4.86. The Morgan fingerprint density at radius 1 is 0.720 bits per heavy atom.